The zero-order chi connectivity index (χ0) is 77.1. The SMILES string of the molecule is CCO[C@@H]1C[C@H]2C(=O)N[C@@H](CO)C(=O)N[C@H](C(=O)N3CCC(C(C)(C)C)CC3)CC(=O)N[C@@H](C)C(=O)N[C@@H](Cc3ccc(C(F)(F)F)cc3)C(=O)N[C@@H](Cc3c[nH]c4ccccc34)C(=O)N[C@@H](Cc3c[nH]c4ccccc34)C(=O)N[C@@H](CC(C)C)C(=O)N(C)CC(=O)N(C)CC(=O)N3CCC[C@H]3C(=O)N2C1. The molecule has 0 aliphatic carbocycles. The van der Waals surface area contributed by atoms with E-state index in [4.69, 9.17) is 4.74 Å². The van der Waals surface area contributed by atoms with Crippen molar-refractivity contribution in [1.29, 1.82) is 0 Å². The van der Waals surface area contributed by atoms with E-state index in [2.05, 4.69) is 68.0 Å². The minimum absolute atomic E-state index is 0.0304. The van der Waals surface area contributed by atoms with Crippen LogP contribution in [0.5, 0.6) is 0 Å². The molecular weight excluding hydrogens is 1380 g/mol. The molecule has 0 unspecified atom stereocenters. The number of likely N-dealkylation sites (N-methyl/N-ethyl adjacent to an activating group) is 2. The number of likely N-dealkylation sites (tertiary alicyclic amines) is 1. The molecule has 10 N–H and O–H groups in total. The molecule has 0 spiro atoms. The number of alkyl halides is 3. The summed E-state index contributed by atoms with van der Waals surface area (Å²) in [6.07, 6.45) is -2.32. The highest BCUT2D eigenvalue weighted by Gasteiger charge is 2.47. The standard InChI is InChI=1S/C75H99F3N14O14/c1-10-106-49-34-61-70(102)87-59(41-93)69(101)86-58(72(104)90-28-25-47(26-29-90)74(5,6)7)35-62(94)81-43(4)65(97)82-54(31-44-21-23-48(24-22-44)75(76,77)78)66(98)83-55(32-45-36-79-52-18-13-11-16-50(45)52)67(99)84-56(33-46-37-80-53-19-14-12-17-51(46)53)68(100)85-57(30-42(2)3)71(103)89(9)39-63(95)88(8)40-64(96)91-27-15-20-60(91)73(105)92(61)38-49/h11-14,16-19,21-24,36-37,42-43,47,49,54-61,79-80,93H,10,15,20,25-35,38-41H2,1-9H3,(H,81,94)(H,82,97)(H,83,98)(H,84,99)(H,85,100)(H,86,101)(H,87,102)/t43-,49+,54-,55-,56-,57-,58-,59-,60-,61-/m0/s1. The van der Waals surface area contributed by atoms with Gasteiger partial charge in [0.05, 0.1) is 37.8 Å². The van der Waals surface area contributed by atoms with Gasteiger partial charge in [-0.2, -0.15) is 13.2 Å². The number of ether oxygens (including phenoxy) is 1. The molecule has 4 aliphatic heterocycles. The van der Waals surface area contributed by atoms with Crippen molar-refractivity contribution in [1.82, 2.24) is 71.7 Å². The number of aliphatic hydroxyl groups excluding tert-OH is 1. The largest absolute Gasteiger partial charge is 0.416 e. The summed E-state index contributed by atoms with van der Waals surface area (Å²) in [5, 5.41) is 30.7. The van der Waals surface area contributed by atoms with E-state index in [9.17, 15) is 61.4 Å². The Bertz CT molecular complexity index is 4040. The van der Waals surface area contributed by atoms with Gasteiger partial charge in [0.1, 0.15) is 54.4 Å². The number of hydrogen-bond donors (Lipinski definition) is 10. The first-order valence-corrected chi connectivity index (χ1v) is 36.2. The van der Waals surface area contributed by atoms with Crippen molar-refractivity contribution < 1.29 is 80.5 Å². The third kappa shape index (κ3) is 20.2. The van der Waals surface area contributed by atoms with Gasteiger partial charge in [-0.3, -0.25) is 57.5 Å². The first-order chi connectivity index (χ1) is 50.2. The quantitative estimate of drug-likeness (QED) is 0.0859. The molecule has 31 heteroatoms. The summed E-state index contributed by atoms with van der Waals surface area (Å²) in [6.45, 7) is 11.3. The van der Waals surface area contributed by atoms with Crippen LogP contribution >= 0.6 is 0 Å². The second-order valence-corrected chi connectivity index (χ2v) is 29.7. The summed E-state index contributed by atoms with van der Waals surface area (Å²) in [5.41, 5.74) is 1.37. The fourth-order valence-corrected chi connectivity index (χ4v) is 14.4. The van der Waals surface area contributed by atoms with E-state index in [1.165, 1.54) is 35.7 Å². The molecule has 9 rings (SSSR count). The van der Waals surface area contributed by atoms with Crippen molar-refractivity contribution >= 4 is 92.7 Å². The molecule has 5 aromatic rings. The number of carbonyl (C=O) groups excluding carboxylic acids is 12. The summed E-state index contributed by atoms with van der Waals surface area (Å²) < 4.78 is 47.8. The van der Waals surface area contributed by atoms with E-state index in [0.29, 0.717) is 52.2 Å². The van der Waals surface area contributed by atoms with E-state index in [0.717, 1.165) is 34.1 Å². The molecule has 28 nitrogen and oxygen atoms in total. The second kappa shape index (κ2) is 35.0. The van der Waals surface area contributed by atoms with Gasteiger partial charge in [-0.05, 0) is 104 Å². The number of piperidine rings is 1. The van der Waals surface area contributed by atoms with Crippen molar-refractivity contribution in [2.45, 2.75) is 179 Å². The van der Waals surface area contributed by atoms with E-state index in [-0.39, 0.29) is 87.7 Å². The predicted molar refractivity (Wildman–Crippen MR) is 384 cm³/mol. The smallest absolute Gasteiger partial charge is 0.394 e. The number of rotatable bonds is 12. The minimum Gasteiger partial charge on any atom is -0.394 e. The maximum atomic E-state index is 15.4. The minimum atomic E-state index is -4.76. The normalized spacial score (nSPS) is 25.2. The zero-order valence-electron chi connectivity index (χ0n) is 61.4. The number of aromatic nitrogens is 2. The Morgan fingerprint density at radius 1 is 0.594 bits per heavy atom. The number of carbonyl (C=O) groups is 12. The number of aromatic amines is 2. The second-order valence-electron chi connectivity index (χ2n) is 29.7. The average Bonchev–Trinajstić information content (AvgIpc) is 1.64. The fourth-order valence-electron chi connectivity index (χ4n) is 14.4. The van der Waals surface area contributed by atoms with Crippen molar-refractivity contribution in [3.8, 4) is 0 Å². The van der Waals surface area contributed by atoms with Crippen LogP contribution in [-0.4, -0.2) is 238 Å². The highest BCUT2D eigenvalue weighted by atomic mass is 19.4. The Morgan fingerprint density at radius 2 is 1.12 bits per heavy atom. The van der Waals surface area contributed by atoms with Crippen LogP contribution in [0.4, 0.5) is 13.2 Å². The summed E-state index contributed by atoms with van der Waals surface area (Å²) in [7, 11) is 2.69. The molecule has 12 amide bonds. The summed E-state index contributed by atoms with van der Waals surface area (Å²) >= 11 is 0. The first-order valence-electron chi connectivity index (χ1n) is 36.2. The number of H-pyrrole nitrogens is 2. The molecule has 4 saturated heterocycles. The van der Waals surface area contributed by atoms with Crippen LogP contribution in [0.2, 0.25) is 0 Å². The zero-order valence-corrected chi connectivity index (χ0v) is 61.4. The molecule has 0 bridgehead atoms. The average molecular weight is 1480 g/mol. The van der Waals surface area contributed by atoms with Crippen LogP contribution in [0, 0.1) is 17.3 Å². The van der Waals surface area contributed by atoms with E-state index >= 15 is 14.4 Å². The molecule has 2 aromatic heterocycles. The van der Waals surface area contributed by atoms with E-state index in [1.807, 2.05) is 0 Å². The molecule has 4 fully saturated rings. The number of para-hydroxylation sites is 2. The van der Waals surface area contributed by atoms with Crippen molar-refractivity contribution in [3.63, 3.8) is 0 Å². The maximum Gasteiger partial charge on any atom is 0.416 e. The lowest BCUT2D eigenvalue weighted by Crippen LogP contribution is -2.60. The van der Waals surface area contributed by atoms with Crippen LogP contribution in [0.25, 0.3) is 21.8 Å². The first kappa shape index (κ1) is 80.2. The van der Waals surface area contributed by atoms with Crippen molar-refractivity contribution in [2.75, 3.05) is 66.6 Å². The van der Waals surface area contributed by atoms with Gasteiger partial charge in [-0.1, -0.05) is 83.1 Å². The van der Waals surface area contributed by atoms with Gasteiger partial charge in [0.25, 0.3) is 0 Å². The number of benzene rings is 3. The lowest BCUT2D eigenvalue weighted by Gasteiger charge is -2.40. The van der Waals surface area contributed by atoms with Gasteiger partial charge in [0.15, 0.2) is 0 Å². The Kier molecular flexibility index (Phi) is 26.5. The van der Waals surface area contributed by atoms with Gasteiger partial charge >= 0.3 is 6.18 Å². The van der Waals surface area contributed by atoms with Crippen LogP contribution < -0.4 is 37.2 Å². The summed E-state index contributed by atoms with van der Waals surface area (Å²) in [5.74, 6) is -10.3. The highest BCUT2D eigenvalue weighted by Crippen LogP contribution is 2.35. The van der Waals surface area contributed by atoms with Crippen LogP contribution in [0.3, 0.4) is 0 Å². The summed E-state index contributed by atoms with van der Waals surface area (Å²) in [6, 6.07) is 4.38. The fraction of sp³-hybridized carbons (Fsp3) is 0.547. The van der Waals surface area contributed by atoms with Gasteiger partial charge in [0, 0.05) is 107 Å². The van der Waals surface area contributed by atoms with Crippen molar-refractivity contribution in [3.05, 3.63) is 107 Å². The number of amides is 12. The number of nitrogens with zero attached hydrogens (tertiary/aromatic N) is 5. The Morgan fingerprint density at radius 3 is 1.67 bits per heavy atom. The van der Waals surface area contributed by atoms with E-state index in [1.54, 1.807) is 81.7 Å². The molecule has 10 atom stereocenters. The molecule has 6 heterocycles. The molecule has 4 aliphatic rings. The highest BCUT2D eigenvalue weighted by molar-refractivity contribution is 6.01. The lowest BCUT2D eigenvalue weighted by molar-refractivity contribution is -0.149. The monoisotopic (exact) mass is 1480 g/mol. The molecule has 574 valence electrons. The third-order valence-electron chi connectivity index (χ3n) is 20.4. The molecule has 3 aromatic carbocycles. The number of nitrogens with one attached hydrogen (secondary N) is 9. The van der Waals surface area contributed by atoms with Gasteiger partial charge in [-0.15, -0.1) is 0 Å². The molecule has 0 saturated carbocycles. The van der Waals surface area contributed by atoms with Crippen LogP contribution in [0.1, 0.15) is 116 Å². The van der Waals surface area contributed by atoms with E-state index < -0.39 is 176 Å². The number of aliphatic hydroxyl groups is 1. The molecule has 0 radical (unpaired) electrons. The third-order valence-corrected chi connectivity index (χ3v) is 20.4. The predicted octanol–water partition coefficient (Wildman–Crippen LogP) is 2.75. The van der Waals surface area contributed by atoms with Gasteiger partial charge < -0.3 is 81.5 Å². The molecular formula is C75H99F3N14O14. The number of fused-ring (bicyclic) bond motifs is 4. The Labute approximate surface area is 613 Å². The van der Waals surface area contributed by atoms with Gasteiger partial charge in [-0.25, -0.2) is 0 Å². The van der Waals surface area contributed by atoms with Crippen molar-refractivity contribution in [2.24, 2.45) is 17.3 Å². The van der Waals surface area contributed by atoms with Crippen LogP contribution in [-0.2, 0) is 87.7 Å². The lowest BCUT2D eigenvalue weighted by atomic mass is 9.75. The molecule has 106 heavy (non-hydrogen) atoms. The number of halogens is 3. The Hall–Kier alpha value is -9.91. The Balaban J connectivity index is 1.08. The summed E-state index contributed by atoms with van der Waals surface area (Å²) in [4.78, 5) is 189. The van der Waals surface area contributed by atoms with Crippen LogP contribution in [0.15, 0.2) is 85.2 Å². The topological polar surface area (TPSA) is 366 Å². The van der Waals surface area contributed by atoms with Gasteiger partial charge in [0.2, 0.25) is 70.9 Å². The maximum absolute atomic E-state index is 15.4. The number of hydrogen-bond acceptors (Lipinski definition) is 14.